The molecule has 43 valence electrons. The van der Waals surface area contributed by atoms with E-state index in [-0.39, 0.29) is 0 Å². The smallest absolute Gasteiger partial charge is 0.217 e. The van der Waals surface area contributed by atoms with Gasteiger partial charge in [0.1, 0.15) is 6.10 Å². The van der Waals surface area contributed by atoms with Crippen LogP contribution in [0.5, 0.6) is 0 Å². The molecule has 0 amide bonds. The quantitative estimate of drug-likeness (QED) is 0.360. The monoisotopic (exact) mass is 107 g/mol. The second-order valence-electron chi connectivity index (χ2n) is 1.14. The molecule has 2 unspecified atom stereocenters. The van der Waals surface area contributed by atoms with Crippen LogP contribution in [0.1, 0.15) is 0 Å². The molecule has 0 saturated carbocycles. The molecule has 4 heteroatoms. The highest BCUT2D eigenvalue weighted by molar-refractivity contribution is 4.50. The average molecular weight is 107 g/mol. The lowest BCUT2D eigenvalue weighted by Crippen LogP contribution is -2.27. The van der Waals surface area contributed by atoms with Crippen molar-refractivity contribution in [2.24, 2.45) is 0 Å². The van der Waals surface area contributed by atoms with Crippen molar-refractivity contribution in [1.82, 2.24) is 0 Å². The van der Waals surface area contributed by atoms with Gasteiger partial charge in [0.25, 0.3) is 0 Å². The SMILES string of the molecule is [O]C(O)C(O)CO. The van der Waals surface area contributed by atoms with Crippen LogP contribution in [0.4, 0.5) is 0 Å². The molecule has 0 rings (SSSR count). The Bertz CT molecular complexity index is 44.2. The maximum Gasteiger partial charge on any atom is 0.217 e. The molecule has 0 aliphatic rings. The molecule has 0 spiro atoms. The predicted molar refractivity (Wildman–Crippen MR) is 19.8 cm³/mol. The minimum atomic E-state index is -2.08. The van der Waals surface area contributed by atoms with Crippen LogP contribution in [0.25, 0.3) is 0 Å². The van der Waals surface area contributed by atoms with E-state index in [0.717, 1.165) is 0 Å². The van der Waals surface area contributed by atoms with Crippen LogP contribution in [-0.4, -0.2) is 34.3 Å². The van der Waals surface area contributed by atoms with Crippen LogP contribution < -0.4 is 0 Å². The number of rotatable bonds is 2. The minimum absolute atomic E-state index is 0.690. The third-order valence-corrected chi connectivity index (χ3v) is 0.516. The van der Waals surface area contributed by atoms with Gasteiger partial charge in [0.15, 0.2) is 0 Å². The lowest BCUT2D eigenvalue weighted by molar-refractivity contribution is -0.169. The van der Waals surface area contributed by atoms with E-state index in [1.165, 1.54) is 0 Å². The van der Waals surface area contributed by atoms with Crippen molar-refractivity contribution in [2.45, 2.75) is 12.4 Å². The number of hydrogen-bond donors (Lipinski definition) is 3. The maximum atomic E-state index is 9.60. The number of aliphatic hydroxyl groups is 3. The van der Waals surface area contributed by atoms with Gasteiger partial charge in [0, 0.05) is 0 Å². The number of hydrogen-bond acceptors (Lipinski definition) is 3. The Morgan fingerprint density at radius 3 is 1.86 bits per heavy atom. The summed E-state index contributed by atoms with van der Waals surface area (Å²) in [4.78, 5) is 0. The van der Waals surface area contributed by atoms with Crippen molar-refractivity contribution >= 4 is 0 Å². The van der Waals surface area contributed by atoms with Gasteiger partial charge in [-0.3, -0.25) is 0 Å². The third kappa shape index (κ3) is 2.52. The van der Waals surface area contributed by atoms with E-state index in [1.54, 1.807) is 0 Å². The van der Waals surface area contributed by atoms with E-state index in [9.17, 15) is 5.11 Å². The van der Waals surface area contributed by atoms with E-state index < -0.39 is 19.0 Å². The first-order chi connectivity index (χ1) is 3.18. The normalized spacial score (nSPS) is 15.0. The third-order valence-electron chi connectivity index (χ3n) is 0.516. The van der Waals surface area contributed by atoms with E-state index >= 15 is 0 Å². The van der Waals surface area contributed by atoms with Gasteiger partial charge in [-0.1, -0.05) is 0 Å². The maximum absolute atomic E-state index is 9.60. The Balaban J connectivity index is 3.14. The zero-order valence-electron chi connectivity index (χ0n) is 3.61. The summed E-state index contributed by atoms with van der Waals surface area (Å²) in [6, 6.07) is 0. The summed E-state index contributed by atoms with van der Waals surface area (Å²) < 4.78 is 0. The van der Waals surface area contributed by atoms with Crippen molar-refractivity contribution in [3.63, 3.8) is 0 Å². The van der Waals surface area contributed by atoms with Crippen LogP contribution in [0.15, 0.2) is 0 Å². The van der Waals surface area contributed by atoms with Crippen LogP contribution in [0.2, 0.25) is 0 Å². The van der Waals surface area contributed by atoms with Gasteiger partial charge in [-0.15, -0.1) is 0 Å². The predicted octanol–water partition coefficient (Wildman–Crippen LogP) is -1.91. The highest BCUT2D eigenvalue weighted by Gasteiger charge is 2.11. The molecule has 0 aliphatic carbocycles. The summed E-state index contributed by atoms with van der Waals surface area (Å²) in [5.74, 6) is 0. The zero-order valence-corrected chi connectivity index (χ0v) is 3.61. The average Bonchev–Trinajstić information content (AvgIpc) is 1.65. The summed E-state index contributed by atoms with van der Waals surface area (Å²) >= 11 is 0. The van der Waals surface area contributed by atoms with Gasteiger partial charge in [-0.05, 0) is 0 Å². The van der Waals surface area contributed by atoms with E-state index in [0.29, 0.717) is 0 Å². The lowest BCUT2D eigenvalue weighted by atomic mass is 10.4. The van der Waals surface area contributed by atoms with Crippen LogP contribution >= 0.6 is 0 Å². The van der Waals surface area contributed by atoms with E-state index in [4.69, 9.17) is 15.3 Å². The van der Waals surface area contributed by atoms with E-state index in [1.807, 2.05) is 0 Å². The highest BCUT2D eigenvalue weighted by Crippen LogP contribution is 1.84. The van der Waals surface area contributed by atoms with Crippen molar-refractivity contribution in [3.8, 4) is 0 Å². The first kappa shape index (κ1) is 6.84. The van der Waals surface area contributed by atoms with Crippen LogP contribution in [0.3, 0.4) is 0 Å². The van der Waals surface area contributed by atoms with Gasteiger partial charge in [-0.2, -0.15) is 5.11 Å². The van der Waals surface area contributed by atoms with Crippen molar-refractivity contribution in [3.05, 3.63) is 0 Å². The van der Waals surface area contributed by atoms with Crippen molar-refractivity contribution in [1.29, 1.82) is 0 Å². The molecule has 4 nitrogen and oxygen atoms in total. The van der Waals surface area contributed by atoms with Gasteiger partial charge >= 0.3 is 0 Å². The molecule has 0 fully saturated rings. The summed E-state index contributed by atoms with van der Waals surface area (Å²) in [6.07, 6.45) is -3.62. The molecular weight excluding hydrogens is 100 g/mol. The Morgan fingerprint density at radius 2 is 1.86 bits per heavy atom. The molecule has 7 heavy (non-hydrogen) atoms. The molecule has 0 heterocycles. The van der Waals surface area contributed by atoms with E-state index in [2.05, 4.69) is 0 Å². The molecule has 2 atom stereocenters. The fraction of sp³-hybridized carbons (Fsp3) is 1.00. The van der Waals surface area contributed by atoms with Gasteiger partial charge in [0.2, 0.25) is 6.29 Å². The van der Waals surface area contributed by atoms with Gasteiger partial charge in [-0.25, -0.2) is 0 Å². The fourth-order valence-corrected chi connectivity index (χ4v) is 0.0902. The second kappa shape index (κ2) is 2.92. The van der Waals surface area contributed by atoms with Gasteiger partial charge < -0.3 is 15.3 Å². The molecule has 0 aromatic rings. The molecule has 0 aromatic carbocycles. The van der Waals surface area contributed by atoms with Gasteiger partial charge in [0.05, 0.1) is 6.61 Å². The van der Waals surface area contributed by atoms with Crippen molar-refractivity contribution < 1.29 is 20.4 Å². The molecule has 0 saturated heterocycles. The zero-order chi connectivity index (χ0) is 5.86. The van der Waals surface area contributed by atoms with Crippen LogP contribution in [0, 0.1) is 0 Å². The Morgan fingerprint density at radius 1 is 1.43 bits per heavy atom. The number of aliphatic hydroxyl groups excluding tert-OH is 3. The molecule has 0 aromatic heterocycles. The summed E-state index contributed by atoms with van der Waals surface area (Å²) in [5.41, 5.74) is 0. The molecule has 0 aliphatic heterocycles. The topological polar surface area (TPSA) is 80.6 Å². The fourth-order valence-electron chi connectivity index (χ4n) is 0.0902. The Kier molecular flexibility index (Phi) is 2.86. The Labute approximate surface area is 40.6 Å². The molecule has 0 bridgehead atoms. The molecule has 3 N–H and O–H groups in total. The second-order valence-corrected chi connectivity index (χ2v) is 1.14. The largest absolute Gasteiger partial charge is 0.393 e. The first-order valence-electron chi connectivity index (χ1n) is 1.81. The Hall–Kier alpha value is -0.160. The first-order valence-corrected chi connectivity index (χ1v) is 1.81. The van der Waals surface area contributed by atoms with Crippen molar-refractivity contribution in [2.75, 3.05) is 6.61 Å². The highest BCUT2D eigenvalue weighted by atomic mass is 16.5. The standard InChI is InChI=1S/C3H7O4/c4-1-2(5)3(6)7/h2-6H,1H2. The summed E-state index contributed by atoms with van der Waals surface area (Å²) in [7, 11) is 0. The van der Waals surface area contributed by atoms with Crippen LogP contribution in [-0.2, 0) is 5.11 Å². The minimum Gasteiger partial charge on any atom is -0.393 e. The summed E-state index contributed by atoms with van der Waals surface area (Å²) in [6.45, 7) is -0.690. The summed E-state index contributed by atoms with van der Waals surface area (Å²) in [5, 5.41) is 33.5. The molecule has 1 radical (unpaired) electrons. The molecular formula is C3H7O4. The lowest BCUT2D eigenvalue weighted by Gasteiger charge is -2.04.